The van der Waals surface area contributed by atoms with E-state index in [0.29, 0.717) is 47.0 Å². The van der Waals surface area contributed by atoms with E-state index in [1.807, 2.05) is 0 Å². The third-order valence-electron chi connectivity index (χ3n) is 11.8. The Labute approximate surface area is 499 Å². The van der Waals surface area contributed by atoms with Crippen molar-refractivity contribution >= 4 is 108 Å². The summed E-state index contributed by atoms with van der Waals surface area (Å²) in [5.74, 6) is -4.33. The summed E-state index contributed by atoms with van der Waals surface area (Å²) in [6, 6.07) is 14.0. The number of carbonyl (C=O) groups is 8. The van der Waals surface area contributed by atoms with E-state index in [-0.39, 0.29) is 19.9 Å². The number of unbranched alkanes of at least 4 members (excludes halogenated alkanes) is 1. The highest BCUT2D eigenvalue weighted by Crippen LogP contribution is 2.38. The van der Waals surface area contributed by atoms with E-state index in [2.05, 4.69) is 10.2 Å². The van der Waals surface area contributed by atoms with E-state index in [4.69, 9.17) is 91.5 Å². The van der Waals surface area contributed by atoms with E-state index in [9.17, 15) is 38.4 Å². The molecule has 2 aliphatic heterocycles. The lowest BCUT2D eigenvalue weighted by atomic mass is 9.97. The zero-order chi connectivity index (χ0) is 61.4. The number of hydrogen-bond acceptors (Lipinski definition) is 28. The van der Waals surface area contributed by atoms with Crippen LogP contribution >= 0.6 is 48.0 Å². The lowest BCUT2D eigenvalue weighted by Crippen LogP contribution is -2.60. The second kappa shape index (κ2) is 30.9. The molecular weight excluding hydrogens is 1180 g/mol. The van der Waals surface area contributed by atoms with Crippen molar-refractivity contribution in [2.75, 3.05) is 38.9 Å². The van der Waals surface area contributed by atoms with Gasteiger partial charge in [-0.2, -0.15) is 19.6 Å². The fourth-order valence-corrected chi connectivity index (χ4v) is 10.9. The van der Waals surface area contributed by atoms with Gasteiger partial charge in [0.15, 0.2) is 49.1 Å². The van der Waals surface area contributed by atoms with Crippen LogP contribution in [0.5, 0.6) is 11.5 Å². The summed E-state index contributed by atoms with van der Waals surface area (Å²) in [5.41, 5.74) is 1.30. The van der Waals surface area contributed by atoms with Gasteiger partial charge in [-0.25, -0.2) is 9.36 Å². The van der Waals surface area contributed by atoms with Crippen LogP contribution in [0.1, 0.15) is 91.8 Å². The Hall–Kier alpha value is -7.52. The van der Waals surface area contributed by atoms with E-state index in [1.54, 1.807) is 48.5 Å². The third kappa shape index (κ3) is 18.0. The van der Waals surface area contributed by atoms with E-state index < -0.39 is 122 Å². The summed E-state index contributed by atoms with van der Waals surface area (Å²) in [6.07, 6.45) is -10.4. The van der Waals surface area contributed by atoms with E-state index >= 15 is 0 Å². The van der Waals surface area contributed by atoms with Crippen molar-refractivity contribution in [1.82, 2.24) is 28.9 Å². The second-order valence-corrected chi connectivity index (χ2v) is 21.1. The molecule has 2 fully saturated rings. The first-order valence-corrected chi connectivity index (χ1v) is 28.4. The Kier molecular flexibility index (Phi) is 24.1. The molecule has 2 saturated heterocycles. The normalized spacial score (nSPS) is 22.1. The van der Waals surface area contributed by atoms with Crippen molar-refractivity contribution < 1.29 is 95.2 Å². The molecule has 32 heteroatoms. The molecular formula is C52H62N8O20S4. The number of hydrogen-bond donors (Lipinski definition) is 0. The summed E-state index contributed by atoms with van der Waals surface area (Å²) in [4.78, 5) is 99.8. The van der Waals surface area contributed by atoms with Gasteiger partial charge in [0.05, 0.1) is 26.6 Å². The average Bonchev–Trinajstić information content (AvgIpc) is 1.83. The van der Waals surface area contributed by atoms with Crippen LogP contribution in [-0.4, -0.2) is 177 Å². The van der Waals surface area contributed by atoms with Crippen molar-refractivity contribution in [3.05, 3.63) is 69.2 Å². The predicted molar refractivity (Wildman–Crippen MR) is 299 cm³/mol. The molecule has 454 valence electrons. The predicted octanol–water partition coefficient (Wildman–Crippen LogP) is 5.10. The van der Waals surface area contributed by atoms with Crippen LogP contribution < -0.4 is 9.47 Å². The molecule has 2 aromatic carbocycles. The molecule has 0 bridgehead atoms. The van der Waals surface area contributed by atoms with Crippen LogP contribution in [0.4, 0.5) is 0 Å². The molecule has 28 nitrogen and oxygen atoms in total. The summed E-state index contributed by atoms with van der Waals surface area (Å²) in [5, 5.41) is 19.4. The fraction of sp³-hybridized carbons (Fsp3) is 0.500. The van der Waals surface area contributed by atoms with Gasteiger partial charge in [-0.05, 0) is 96.9 Å². The van der Waals surface area contributed by atoms with Gasteiger partial charge in [0.2, 0.25) is 19.9 Å². The number of nitrogens with zero attached hydrogens (tertiary/aromatic N) is 8. The van der Waals surface area contributed by atoms with Gasteiger partial charge in [0.1, 0.15) is 36.9 Å². The smallest absolute Gasteiger partial charge is 0.303 e. The minimum atomic E-state index is -1.53. The molecule has 0 amide bonds. The monoisotopic (exact) mass is 1250 g/mol. The molecule has 0 unspecified atom stereocenters. The first-order valence-electron chi connectivity index (χ1n) is 25.6. The van der Waals surface area contributed by atoms with Crippen molar-refractivity contribution in [2.45, 2.75) is 140 Å². The zero-order valence-corrected chi connectivity index (χ0v) is 50.4. The molecule has 0 spiro atoms. The molecule has 0 saturated carbocycles. The molecule has 10 atom stereocenters. The highest BCUT2D eigenvalue weighted by atomic mass is 32.2. The number of aromatic nitrogens is 6. The highest BCUT2D eigenvalue weighted by molar-refractivity contribution is 7.99. The van der Waals surface area contributed by atoms with Gasteiger partial charge >= 0.3 is 47.8 Å². The van der Waals surface area contributed by atoms with Gasteiger partial charge in [0, 0.05) is 66.9 Å². The average molecular weight is 1250 g/mol. The van der Waals surface area contributed by atoms with Gasteiger partial charge in [-0.1, -0.05) is 23.5 Å². The molecule has 0 radical (unpaired) electrons. The van der Waals surface area contributed by atoms with Crippen LogP contribution in [0.2, 0.25) is 0 Å². The van der Waals surface area contributed by atoms with Crippen molar-refractivity contribution in [2.24, 2.45) is 10.2 Å². The number of carbonyl (C=O) groups excluding carboxylic acids is 8. The number of methoxy groups -OCH3 is 2. The fourth-order valence-electron chi connectivity index (χ4n) is 8.39. The summed E-state index contributed by atoms with van der Waals surface area (Å²) < 4.78 is 72.8. The molecule has 6 rings (SSSR count). The van der Waals surface area contributed by atoms with Crippen LogP contribution in [0.15, 0.2) is 69.0 Å². The SMILES string of the molecule is COc1ccc(/C=N/n2c(SCCCCSc3nn([C@@H]4O[C@H](COC(C)=O)[C@@H](OC(C)=O)[C@H](OC(C)=O)[C@H]4OC(C)=O)c(=S)n3/N=C/c3ccc(OC)cc3)nn([C@@H]3O[C@H](COC(C)=O)[C@@H](OC(C)=O)[C@H](OC(C)=O)[C@H]3OC(C)=O)c2=S)cc1. The maximum absolute atomic E-state index is 12.7. The molecule has 2 aromatic heterocycles. The molecule has 84 heavy (non-hydrogen) atoms. The highest BCUT2D eigenvalue weighted by Gasteiger charge is 2.55. The van der Waals surface area contributed by atoms with Crippen LogP contribution in [0.3, 0.4) is 0 Å². The van der Waals surface area contributed by atoms with Crippen LogP contribution in [0, 0.1) is 9.54 Å². The van der Waals surface area contributed by atoms with Gasteiger partial charge in [0.25, 0.3) is 0 Å². The standard InChI is InChI=1S/C52H62N8O20S4/c1-27(61)71-25-39-41(73-29(3)63)43(75-31(5)65)45(77-33(7)67)47(79-39)57-51(81)59(53-23-35-13-17-37(69-9)18-14-35)49(55-57)83-21-11-12-22-84-50-56-58(52(82)60(50)54-24-36-15-19-38(70-10)20-16-36)48-46(78-34(8)68)44(76-32(6)66)42(74-30(4)64)40(80-48)26-72-28(2)62/h13-20,23-24,39-48H,11-12,21-22,25-26H2,1-10H3/b53-23+,54-24+/t39-,40-,41-,42-,43+,44+,45-,46-,47-,48-/m1/s1. The third-order valence-corrected chi connectivity index (χ3v) is 14.5. The molecule has 4 aromatic rings. The quantitative estimate of drug-likeness (QED) is 0.0208. The van der Waals surface area contributed by atoms with E-state index in [0.717, 1.165) is 55.4 Å². The summed E-state index contributed by atoms with van der Waals surface area (Å²) in [7, 11) is 3.06. The van der Waals surface area contributed by atoms with Crippen LogP contribution in [0.25, 0.3) is 0 Å². The second-order valence-electron chi connectivity index (χ2n) is 18.3. The topological polar surface area (TPSA) is 318 Å². The number of thioether (sulfide) groups is 2. The molecule has 4 heterocycles. The lowest BCUT2D eigenvalue weighted by Gasteiger charge is -2.44. The number of benzene rings is 2. The van der Waals surface area contributed by atoms with Gasteiger partial charge < -0.3 is 56.8 Å². The van der Waals surface area contributed by atoms with Crippen LogP contribution in [-0.2, 0) is 85.7 Å². The zero-order valence-electron chi connectivity index (χ0n) is 47.2. The largest absolute Gasteiger partial charge is 0.497 e. The molecule has 0 N–H and O–H groups in total. The number of rotatable bonds is 25. The van der Waals surface area contributed by atoms with E-state index in [1.165, 1.54) is 68.9 Å². The minimum absolute atomic E-state index is 0.0783. The van der Waals surface area contributed by atoms with Gasteiger partial charge in [-0.15, -0.1) is 10.2 Å². The maximum Gasteiger partial charge on any atom is 0.303 e. The Bertz CT molecular complexity index is 2990. The van der Waals surface area contributed by atoms with Crippen molar-refractivity contribution in [1.29, 1.82) is 0 Å². The maximum atomic E-state index is 12.7. The Morgan fingerprint density at radius 2 is 0.798 bits per heavy atom. The summed E-state index contributed by atoms with van der Waals surface area (Å²) in [6.45, 7) is 7.99. The lowest BCUT2D eigenvalue weighted by molar-refractivity contribution is -0.270. The minimum Gasteiger partial charge on any atom is -0.497 e. The Morgan fingerprint density at radius 3 is 1.10 bits per heavy atom. The number of esters is 8. The Balaban J connectivity index is 1.33. The molecule has 0 aliphatic carbocycles. The first kappa shape index (κ1) is 65.6. The summed E-state index contributed by atoms with van der Waals surface area (Å²) >= 11 is 14.5. The Morgan fingerprint density at radius 1 is 0.488 bits per heavy atom. The first-order chi connectivity index (χ1) is 40.0. The number of ether oxygens (including phenoxy) is 12. The molecule has 2 aliphatic rings. The van der Waals surface area contributed by atoms with Crippen molar-refractivity contribution in [3.8, 4) is 11.5 Å². The van der Waals surface area contributed by atoms with Crippen molar-refractivity contribution in [3.63, 3.8) is 0 Å². The van der Waals surface area contributed by atoms with Gasteiger partial charge in [-0.3, -0.25) is 38.4 Å².